The van der Waals surface area contributed by atoms with Gasteiger partial charge in [0.15, 0.2) is 0 Å². The van der Waals surface area contributed by atoms with Crippen LogP contribution in [0.25, 0.3) is 0 Å². The number of benzene rings is 1. The number of carbonyl (C=O) groups is 1. The van der Waals surface area contributed by atoms with E-state index < -0.39 is 20.8 Å². The van der Waals surface area contributed by atoms with Crippen molar-refractivity contribution in [3.8, 4) is 0 Å². The van der Waals surface area contributed by atoms with Gasteiger partial charge in [-0.05, 0) is 50.3 Å². The zero-order valence-electron chi connectivity index (χ0n) is 11.8. The average molecular weight is 334 g/mol. The molecule has 4 nitrogen and oxygen atoms in total. The molecule has 2 rings (SSSR count). The summed E-state index contributed by atoms with van der Waals surface area (Å²) in [6.45, 7) is 3.30. The van der Waals surface area contributed by atoms with Crippen molar-refractivity contribution < 1.29 is 17.6 Å². The number of hydrogen-bond acceptors (Lipinski definition) is 3. The van der Waals surface area contributed by atoms with Crippen molar-refractivity contribution in [3.63, 3.8) is 0 Å². The molecule has 1 unspecified atom stereocenters. The van der Waals surface area contributed by atoms with Gasteiger partial charge in [-0.2, -0.15) is 0 Å². The Labute approximate surface area is 128 Å². The Balaban J connectivity index is 2.28. The Bertz CT molecular complexity index is 671. The van der Waals surface area contributed by atoms with E-state index in [-0.39, 0.29) is 22.1 Å². The molecule has 1 aromatic rings. The number of halogens is 2. The van der Waals surface area contributed by atoms with Gasteiger partial charge in [-0.25, -0.2) is 12.8 Å². The van der Waals surface area contributed by atoms with Gasteiger partial charge in [0.05, 0.1) is 10.5 Å². The quantitative estimate of drug-likeness (QED) is 0.862. The highest BCUT2D eigenvalue weighted by Crippen LogP contribution is 2.30. The van der Waals surface area contributed by atoms with Gasteiger partial charge in [0.1, 0.15) is 5.82 Å². The number of carbonyl (C=O) groups excluding carboxylic acids is 1. The highest BCUT2D eigenvalue weighted by Gasteiger charge is 2.27. The summed E-state index contributed by atoms with van der Waals surface area (Å²) in [6, 6.07) is 1.94. The van der Waals surface area contributed by atoms with Gasteiger partial charge >= 0.3 is 0 Å². The predicted octanol–water partition coefficient (Wildman–Crippen LogP) is 2.98. The summed E-state index contributed by atoms with van der Waals surface area (Å²) in [5.74, 6) is -0.970. The lowest BCUT2D eigenvalue weighted by Crippen LogP contribution is -2.41. The molecule has 0 heterocycles. The van der Waals surface area contributed by atoms with E-state index in [1.807, 2.05) is 6.92 Å². The molecular formula is C14H17ClFNO3S. The minimum absolute atomic E-state index is 0.0667. The number of nitrogens with one attached hydrogen (secondary N) is 1. The molecule has 1 fully saturated rings. The Morgan fingerprint density at radius 1 is 1.43 bits per heavy atom. The summed E-state index contributed by atoms with van der Waals surface area (Å²) in [4.78, 5) is 11.9. The SMILES string of the molecule is Cc1cc(F)c(C(=O)NC(C)C2CCC2)cc1S(=O)(=O)Cl. The third-order valence-electron chi connectivity index (χ3n) is 3.99. The summed E-state index contributed by atoms with van der Waals surface area (Å²) < 4.78 is 36.8. The Morgan fingerprint density at radius 2 is 2.05 bits per heavy atom. The largest absolute Gasteiger partial charge is 0.349 e. The summed E-state index contributed by atoms with van der Waals surface area (Å²) >= 11 is 0. The minimum atomic E-state index is -4.02. The third-order valence-corrected chi connectivity index (χ3v) is 5.45. The number of hydrogen-bond donors (Lipinski definition) is 1. The van der Waals surface area contributed by atoms with Crippen LogP contribution in [0.15, 0.2) is 17.0 Å². The predicted molar refractivity (Wildman–Crippen MR) is 78.4 cm³/mol. The van der Waals surface area contributed by atoms with Crippen molar-refractivity contribution in [3.05, 3.63) is 29.1 Å². The molecule has 1 atom stereocenters. The van der Waals surface area contributed by atoms with E-state index in [4.69, 9.17) is 10.7 Å². The van der Waals surface area contributed by atoms with Crippen molar-refractivity contribution in [2.24, 2.45) is 5.92 Å². The molecule has 21 heavy (non-hydrogen) atoms. The lowest BCUT2D eigenvalue weighted by molar-refractivity contribution is 0.0905. The topological polar surface area (TPSA) is 63.2 Å². The van der Waals surface area contributed by atoms with E-state index in [0.717, 1.165) is 31.4 Å². The van der Waals surface area contributed by atoms with Crippen LogP contribution in [0, 0.1) is 18.7 Å². The maximum absolute atomic E-state index is 13.9. The molecule has 0 radical (unpaired) electrons. The second-order valence-electron chi connectivity index (χ2n) is 5.49. The molecule has 1 N–H and O–H groups in total. The first-order chi connectivity index (χ1) is 9.70. The van der Waals surface area contributed by atoms with Gasteiger partial charge < -0.3 is 5.32 Å². The van der Waals surface area contributed by atoms with Crippen LogP contribution >= 0.6 is 10.7 Å². The van der Waals surface area contributed by atoms with Gasteiger partial charge in [-0.3, -0.25) is 4.79 Å². The van der Waals surface area contributed by atoms with E-state index in [9.17, 15) is 17.6 Å². The van der Waals surface area contributed by atoms with Crippen molar-refractivity contribution in [2.45, 2.75) is 44.0 Å². The van der Waals surface area contributed by atoms with E-state index in [1.54, 1.807) is 0 Å². The average Bonchev–Trinajstić information content (AvgIpc) is 2.23. The van der Waals surface area contributed by atoms with Gasteiger partial charge in [0, 0.05) is 16.7 Å². The van der Waals surface area contributed by atoms with Crippen molar-refractivity contribution in [2.75, 3.05) is 0 Å². The molecule has 116 valence electrons. The van der Waals surface area contributed by atoms with Crippen LogP contribution in [0.5, 0.6) is 0 Å². The van der Waals surface area contributed by atoms with Crippen molar-refractivity contribution in [1.29, 1.82) is 0 Å². The molecular weight excluding hydrogens is 317 g/mol. The third kappa shape index (κ3) is 3.55. The Morgan fingerprint density at radius 3 is 2.52 bits per heavy atom. The van der Waals surface area contributed by atoms with Crippen molar-refractivity contribution in [1.82, 2.24) is 5.32 Å². The fraction of sp³-hybridized carbons (Fsp3) is 0.500. The van der Waals surface area contributed by atoms with Gasteiger partial charge in [-0.15, -0.1) is 0 Å². The first-order valence-electron chi connectivity index (χ1n) is 6.76. The van der Waals surface area contributed by atoms with Gasteiger partial charge in [0.2, 0.25) is 0 Å². The van der Waals surface area contributed by atoms with Crippen LogP contribution in [-0.2, 0) is 9.05 Å². The molecule has 1 aromatic carbocycles. The van der Waals surface area contributed by atoms with Gasteiger partial charge in [0.25, 0.3) is 15.0 Å². The highest BCUT2D eigenvalue weighted by atomic mass is 35.7. The lowest BCUT2D eigenvalue weighted by atomic mass is 9.80. The second-order valence-corrected chi connectivity index (χ2v) is 8.02. The van der Waals surface area contributed by atoms with E-state index in [0.29, 0.717) is 5.92 Å². The molecule has 1 amide bonds. The first kappa shape index (κ1) is 16.2. The molecule has 1 aliphatic carbocycles. The summed E-state index contributed by atoms with van der Waals surface area (Å²) in [5.41, 5.74) is -0.128. The normalized spacial score (nSPS) is 17.1. The summed E-state index contributed by atoms with van der Waals surface area (Å²) in [5, 5.41) is 2.72. The maximum Gasteiger partial charge on any atom is 0.261 e. The zero-order chi connectivity index (χ0) is 15.8. The monoisotopic (exact) mass is 333 g/mol. The maximum atomic E-state index is 13.9. The van der Waals surface area contributed by atoms with E-state index in [2.05, 4.69) is 5.32 Å². The van der Waals surface area contributed by atoms with Crippen LogP contribution in [0.3, 0.4) is 0 Å². The number of aryl methyl sites for hydroxylation is 1. The molecule has 1 aliphatic rings. The van der Waals surface area contributed by atoms with Crippen LogP contribution in [0.1, 0.15) is 42.1 Å². The van der Waals surface area contributed by atoms with E-state index >= 15 is 0 Å². The molecule has 7 heteroatoms. The zero-order valence-corrected chi connectivity index (χ0v) is 13.4. The summed E-state index contributed by atoms with van der Waals surface area (Å²) in [7, 11) is 1.28. The van der Waals surface area contributed by atoms with Gasteiger partial charge in [-0.1, -0.05) is 6.42 Å². The molecule has 0 bridgehead atoms. The van der Waals surface area contributed by atoms with Crippen molar-refractivity contribution >= 4 is 25.6 Å². The van der Waals surface area contributed by atoms with Crippen LogP contribution in [-0.4, -0.2) is 20.4 Å². The lowest BCUT2D eigenvalue weighted by Gasteiger charge is -2.31. The van der Waals surface area contributed by atoms with Crippen LogP contribution in [0.4, 0.5) is 4.39 Å². The smallest absolute Gasteiger partial charge is 0.261 e. The Hall–Kier alpha value is -1.14. The molecule has 1 saturated carbocycles. The highest BCUT2D eigenvalue weighted by molar-refractivity contribution is 8.13. The standard InChI is InChI=1S/C14H17ClFNO3S/c1-8-6-12(16)11(7-13(8)21(15,19)20)14(18)17-9(2)10-4-3-5-10/h6-7,9-10H,3-5H2,1-2H3,(H,17,18). The minimum Gasteiger partial charge on any atom is -0.349 e. The second kappa shape index (κ2) is 5.93. The molecule has 0 spiro atoms. The molecule has 0 saturated heterocycles. The van der Waals surface area contributed by atoms with E-state index in [1.165, 1.54) is 6.92 Å². The Kier molecular flexibility index (Phi) is 4.58. The molecule has 0 aromatic heterocycles. The fourth-order valence-electron chi connectivity index (χ4n) is 2.43. The van der Waals surface area contributed by atoms with Crippen LogP contribution in [0.2, 0.25) is 0 Å². The number of rotatable bonds is 4. The fourth-order valence-corrected chi connectivity index (χ4v) is 3.63. The first-order valence-corrected chi connectivity index (χ1v) is 9.06. The molecule has 0 aliphatic heterocycles. The van der Waals surface area contributed by atoms with Crippen LogP contribution < -0.4 is 5.32 Å². The number of amides is 1. The summed E-state index contributed by atoms with van der Waals surface area (Å²) in [6.07, 6.45) is 3.22.